The van der Waals surface area contributed by atoms with Crippen molar-refractivity contribution in [1.29, 1.82) is 0 Å². The average Bonchev–Trinajstić information content (AvgIpc) is 2.36. The van der Waals surface area contributed by atoms with Crippen LogP contribution in [0.5, 0.6) is 0 Å². The molecule has 0 aromatic heterocycles. The number of rotatable bonds is 0. The molecule has 0 aliphatic heterocycles. The lowest BCUT2D eigenvalue weighted by Crippen LogP contribution is -2.32. The van der Waals surface area contributed by atoms with Crippen LogP contribution in [0.4, 0.5) is 0 Å². The van der Waals surface area contributed by atoms with Gasteiger partial charge in [0.15, 0.2) is 0 Å². The zero-order valence-corrected chi connectivity index (χ0v) is 7.55. The number of carbonyl (C=O) groups excluding carboxylic acids is 1. The van der Waals surface area contributed by atoms with Gasteiger partial charge in [-0.25, -0.2) is 0 Å². The van der Waals surface area contributed by atoms with Crippen LogP contribution in [0.3, 0.4) is 0 Å². The minimum absolute atomic E-state index is 0.412. The van der Waals surface area contributed by atoms with E-state index in [0.717, 1.165) is 6.42 Å². The second-order valence-corrected chi connectivity index (χ2v) is 4.82. The van der Waals surface area contributed by atoms with Crippen LogP contribution in [0.15, 0.2) is 0 Å². The first-order valence-corrected chi connectivity index (χ1v) is 4.56. The van der Waals surface area contributed by atoms with Crippen molar-refractivity contribution in [2.24, 2.45) is 23.2 Å². The molecular weight excluding hydrogens is 136 g/mol. The highest BCUT2D eigenvalue weighted by molar-refractivity contribution is 5.85. The van der Waals surface area contributed by atoms with E-state index >= 15 is 0 Å². The Labute approximate surface area is 68.2 Å². The summed E-state index contributed by atoms with van der Waals surface area (Å²) in [5.41, 5.74) is 0.429. The van der Waals surface area contributed by atoms with Crippen molar-refractivity contribution >= 4 is 5.78 Å². The van der Waals surface area contributed by atoms with Crippen molar-refractivity contribution < 1.29 is 4.79 Å². The second kappa shape index (κ2) is 1.88. The van der Waals surface area contributed by atoms with Crippen LogP contribution in [0.1, 0.15) is 33.6 Å². The third-order valence-corrected chi connectivity index (χ3v) is 4.23. The van der Waals surface area contributed by atoms with E-state index in [-0.39, 0.29) is 0 Å². The highest BCUT2D eigenvalue weighted by atomic mass is 16.1. The fourth-order valence-corrected chi connectivity index (χ4v) is 2.86. The molecular formula is C10H16O. The minimum atomic E-state index is 0.412. The van der Waals surface area contributed by atoms with Gasteiger partial charge in [-0.15, -0.1) is 0 Å². The minimum Gasteiger partial charge on any atom is -0.299 e. The summed E-state index contributed by atoms with van der Waals surface area (Å²) in [5.74, 6) is 2.25. The quantitative estimate of drug-likeness (QED) is 0.520. The first kappa shape index (κ1) is 7.33. The summed E-state index contributed by atoms with van der Waals surface area (Å²) in [6, 6.07) is 0. The van der Waals surface area contributed by atoms with E-state index in [2.05, 4.69) is 20.8 Å². The Hall–Kier alpha value is -0.330. The maximum absolute atomic E-state index is 11.3. The van der Waals surface area contributed by atoms with Gasteiger partial charge in [0.25, 0.3) is 0 Å². The SMILES string of the molecule is C[C@H]1[C@@H]2C[C@@H](CC2=O)C1(C)C. The van der Waals surface area contributed by atoms with Gasteiger partial charge in [0, 0.05) is 12.3 Å². The molecule has 1 nitrogen and oxygen atoms in total. The van der Waals surface area contributed by atoms with Gasteiger partial charge in [0.2, 0.25) is 0 Å². The molecule has 0 radical (unpaired) electrons. The normalized spacial score (nSPS) is 46.8. The number of ketones is 1. The number of hydrogen-bond acceptors (Lipinski definition) is 1. The van der Waals surface area contributed by atoms with Gasteiger partial charge in [-0.3, -0.25) is 4.79 Å². The Morgan fingerprint density at radius 3 is 2.45 bits per heavy atom. The van der Waals surface area contributed by atoms with Gasteiger partial charge in [0.05, 0.1) is 0 Å². The highest BCUT2D eigenvalue weighted by Gasteiger charge is 2.54. The molecule has 11 heavy (non-hydrogen) atoms. The molecule has 0 aromatic rings. The second-order valence-electron chi connectivity index (χ2n) is 4.82. The van der Waals surface area contributed by atoms with Crippen LogP contribution in [0.25, 0.3) is 0 Å². The van der Waals surface area contributed by atoms with Crippen LogP contribution in [-0.2, 0) is 4.79 Å². The summed E-state index contributed by atoms with van der Waals surface area (Å²) < 4.78 is 0. The smallest absolute Gasteiger partial charge is 0.136 e. The molecule has 0 unspecified atom stereocenters. The zero-order valence-electron chi connectivity index (χ0n) is 7.55. The predicted molar refractivity (Wildman–Crippen MR) is 44.2 cm³/mol. The molecule has 0 heterocycles. The summed E-state index contributed by atoms with van der Waals surface area (Å²) in [7, 11) is 0. The maximum atomic E-state index is 11.3. The van der Waals surface area contributed by atoms with E-state index in [0.29, 0.717) is 29.0 Å². The molecule has 0 spiro atoms. The van der Waals surface area contributed by atoms with E-state index < -0.39 is 0 Å². The van der Waals surface area contributed by atoms with Crippen LogP contribution in [-0.4, -0.2) is 5.78 Å². The number of carbonyl (C=O) groups is 1. The first-order valence-electron chi connectivity index (χ1n) is 4.56. The van der Waals surface area contributed by atoms with Gasteiger partial charge < -0.3 is 0 Å². The molecule has 0 saturated heterocycles. The van der Waals surface area contributed by atoms with Crippen molar-refractivity contribution in [3.8, 4) is 0 Å². The van der Waals surface area contributed by atoms with Crippen molar-refractivity contribution in [3.05, 3.63) is 0 Å². The van der Waals surface area contributed by atoms with Crippen molar-refractivity contribution in [3.63, 3.8) is 0 Å². The van der Waals surface area contributed by atoms with Crippen molar-refractivity contribution in [1.82, 2.24) is 0 Å². The van der Waals surface area contributed by atoms with Crippen LogP contribution in [0, 0.1) is 23.2 Å². The van der Waals surface area contributed by atoms with Gasteiger partial charge in [0.1, 0.15) is 5.78 Å². The van der Waals surface area contributed by atoms with Gasteiger partial charge in [-0.1, -0.05) is 20.8 Å². The molecule has 62 valence electrons. The lowest BCUT2D eigenvalue weighted by Gasteiger charge is -2.35. The van der Waals surface area contributed by atoms with E-state index in [1.54, 1.807) is 0 Å². The Balaban J connectivity index is 2.31. The van der Waals surface area contributed by atoms with E-state index in [4.69, 9.17) is 0 Å². The predicted octanol–water partition coefficient (Wildman–Crippen LogP) is 2.26. The van der Waals surface area contributed by atoms with Crippen LogP contribution >= 0.6 is 0 Å². The van der Waals surface area contributed by atoms with E-state index in [9.17, 15) is 4.79 Å². The maximum Gasteiger partial charge on any atom is 0.136 e. The standard InChI is InChI=1S/C10H16O/c1-6-8-4-7(5-9(8)11)10(6,2)3/h6-8H,4-5H2,1-3H3/t6-,7-,8-/m0/s1. The molecule has 2 aliphatic rings. The Morgan fingerprint density at radius 2 is 2.09 bits per heavy atom. The molecule has 1 heteroatoms. The van der Waals surface area contributed by atoms with Crippen molar-refractivity contribution in [2.45, 2.75) is 33.6 Å². The lowest BCUT2D eigenvalue weighted by molar-refractivity contribution is -0.125. The topological polar surface area (TPSA) is 17.1 Å². The molecule has 2 saturated carbocycles. The molecule has 2 rings (SSSR count). The van der Waals surface area contributed by atoms with Crippen LogP contribution in [0.2, 0.25) is 0 Å². The van der Waals surface area contributed by atoms with Crippen LogP contribution < -0.4 is 0 Å². The lowest BCUT2D eigenvalue weighted by atomic mass is 9.69. The summed E-state index contributed by atoms with van der Waals surface area (Å²) in [6.45, 7) is 6.87. The zero-order chi connectivity index (χ0) is 8.22. The largest absolute Gasteiger partial charge is 0.299 e. The first-order chi connectivity index (χ1) is 5.03. The Bertz CT molecular complexity index is 201. The number of Topliss-reactive ketones (excluding diaryl/α,β-unsaturated/α-hetero) is 1. The summed E-state index contributed by atoms with van der Waals surface area (Å²) in [6.07, 6.45) is 2.04. The molecule has 2 bridgehead atoms. The Morgan fingerprint density at radius 1 is 1.45 bits per heavy atom. The third kappa shape index (κ3) is 0.743. The van der Waals surface area contributed by atoms with E-state index in [1.165, 1.54) is 6.42 Å². The third-order valence-electron chi connectivity index (χ3n) is 4.23. The summed E-state index contributed by atoms with van der Waals surface area (Å²) >= 11 is 0. The molecule has 2 aliphatic carbocycles. The van der Waals surface area contributed by atoms with Gasteiger partial charge >= 0.3 is 0 Å². The average molecular weight is 152 g/mol. The molecule has 0 aromatic carbocycles. The molecule has 0 N–H and O–H groups in total. The van der Waals surface area contributed by atoms with Crippen molar-refractivity contribution in [2.75, 3.05) is 0 Å². The summed E-state index contributed by atoms with van der Waals surface area (Å²) in [4.78, 5) is 11.3. The van der Waals surface area contributed by atoms with E-state index in [1.807, 2.05) is 0 Å². The highest BCUT2D eigenvalue weighted by Crippen LogP contribution is 2.57. The molecule has 0 amide bonds. The number of fused-ring (bicyclic) bond motifs is 2. The molecule has 2 fully saturated rings. The number of hydrogen-bond donors (Lipinski definition) is 0. The fraction of sp³-hybridized carbons (Fsp3) is 0.900. The fourth-order valence-electron chi connectivity index (χ4n) is 2.86. The monoisotopic (exact) mass is 152 g/mol. The van der Waals surface area contributed by atoms with Gasteiger partial charge in [-0.2, -0.15) is 0 Å². The summed E-state index contributed by atoms with van der Waals surface area (Å²) in [5, 5.41) is 0. The van der Waals surface area contributed by atoms with Gasteiger partial charge in [-0.05, 0) is 23.7 Å². The molecule has 3 atom stereocenters. The Kier molecular flexibility index (Phi) is 1.25.